The first kappa shape index (κ1) is 29.8. The van der Waals surface area contributed by atoms with Crippen molar-refractivity contribution in [3.63, 3.8) is 0 Å². The molecule has 0 bridgehead atoms. The van der Waals surface area contributed by atoms with E-state index in [0.717, 1.165) is 6.42 Å². The molecule has 2 amide bonds. The molecule has 1 aromatic carbocycles. The van der Waals surface area contributed by atoms with Crippen molar-refractivity contribution in [1.29, 1.82) is 0 Å². The fourth-order valence-corrected chi connectivity index (χ4v) is 4.95. The lowest BCUT2D eigenvalue weighted by molar-refractivity contribution is -0.121. The molecule has 0 radical (unpaired) electrons. The average Bonchev–Trinajstić information content (AvgIpc) is 3.12. The van der Waals surface area contributed by atoms with Crippen molar-refractivity contribution in [2.45, 2.75) is 72.4 Å². The highest BCUT2D eigenvalue weighted by atomic mass is 19.1. The van der Waals surface area contributed by atoms with E-state index < -0.39 is 29.2 Å². The van der Waals surface area contributed by atoms with Crippen LogP contribution in [-0.2, 0) is 11.8 Å². The van der Waals surface area contributed by atoms with Gasteiger partial charge in [0.1, 0.15) is 5.82 Å². The number of aliphatic hydroxyl groups is 1. The Kier molecular flexibility index (Phi) is 9.12. The van der Waals surface area contributed by atoms with E-state index in [1.165, 1.54) is 23.8 Å². The number of carbonyl (C=O) groups is 3. The van der Waals surface area contributed by atoms with E-state index in [9.17, 15) is 23.9 Å². The van der Waals surface area contributed by atoms with Gasteiger partial charge in [0.05, 0.1) is 23.1 Å². The van der Waals surface area contributed by atoms with Crippen LogP contribution in [0.4, 0.5) is 10.1 Å². The predicted octanol–water partition coefficient (Wildman–Crippen LogP) is 5.56. The summed E-state index contributed by atoms with van der Waals surface area (Å²) >= 11 is 0. The van der Waals surface area contributed by atoms with Gasteiger partial charge in [-0.05, 0) is 88.8 Å². The molecule has 1 aliphatic carbocycles. The van der Waals surface area contributed by atoms with Crippen LogP contribution in [0.15, 0.2) is 48.1 Å². The molecule has 1 aromatic heterocycles. The van der Waals surface area contributed by atoms with Gasteiger partial charge in [-0.1, -0.05) is 36.8 Å². The third-order valence-corrected chi connectivity index (χ3v) is 7.29. The monoisotopic (exact) mass is 535 g/mol. The van der Waals surface area contributed by atoms with E-state index >= 15 is 0 Å². The SMILES string of the molecule is C\C=C(/C=C\C=C(\C)CC)c1c(C(=O)Nc2ccc(F)c(C)c2)c(C)c(C(=O)C(=O)NC2(C)CC(O)C2)n1C. The number of nitrogens with zero attached hydrogens (tertiary/aromatic N) is 1. The van der Waals surface area contributed by atoms with Gasteiger partial charge in [-0.3, -0.25) is 14.4 Å². The van der Waals surface area contributed by atoms with Gasteiger partial charge in [0, 0.05) is 18.3 Å². The Hall–Kier alpha value is -3.78. The number of hydrogen-bond acceptors (Lipinski definition) is 4. The number of aryl methyl sites for hydroxylation is 1. The number of aliphatic hydroxyl groups excluding tert-OH is 1. The summed E-state index contributed by atoms with van der Waals surface area (Å²) in [7, 11) is 1.65. The summed E-state index contributed by atoms with van der Waals surface area (Å²) in [6.07, 6.45) is 8.69. The predicted molar refractivity (Wildman–Crippen MR) is 152 cm³/mol. The molecule has 0 saturated heterocycles. The van der Waals surface area contributed by atoms with Gasteiger partial charge in [0.25, 0.3) is 17.6 Å². The third kappa shape index (κ3) is 6.45. The smallest absolute Gasteiger partial charge is 0.294 e. The molecule has 0 atom stereocenters. The number of benzene rings is 1. The molecular weight excluding hydrogens is 497 g/mol. The molecule has 1 saturated carbocycles. The lowest BCUT2D eigenvalue weighted by Crippen LogP contribution is -2.58. The van der Waals surface area contributed by atoms with Gasteiger partial charge in [0.15, 0.2) is 0 Å². The lowest BCUT2D eigenvalue weighted by atomic mass is 9.76. The fraction of sp³-hybridized carbons (Fsp3) is 0.387. The second-order valence-electron chi connectivity index (χ2n) is 10.6. The Balaban J connectivity index is 2.09. The molecule has 3 N–H and O–H groups in total. The molecule has 208 valence electrons. The quantitative estimate of drug-likeness (QED) is 0.222. The van der Waals surface area contributed by atoms with Crippen molar-refractivity contribution >= 4 is 28.9 Å². The summed E-state index contributed by atoms with van der Waals surface area (Å²) in [5.41, 5.74) is 3.18. The maximum absolute atomic E-state index is 13.8. The van der Waals surface area contributed by atoms with E-state index in [1.807, 2.05) is 38.2 Å². The summed E-state index contributed by atoms with van der Waals surface area (Å²) in [6, 6.07) is 4.29. The zero-order chi connectivity index (χ0) is 29.1. The summed E-state index contributed by atoms with van der Waals surface area (Å²) in [5, 5.41) is 15.2. The van der Waals surface area contributed by atoms with Gasteiger partial charge >= 0.3 is 0 Å². The van der Waals surface area contributed by atoms with Crippen LogP contribution in [0.5, 0.6) is 0 Å². The maximum Gasteiger partial charge on any atom is 0.294 e. The van der Waals surface area contributed by atoms with Crippen LogP contribution in [0.25, 0.3) is 5.57 Å². The van der Waals surface area contributed by atoms with Gasteiger partial charge in [-0.15, -0.1) is 0 Å². The summed E-state index contributed by atoms with van der Waals surface area (Å²) in [6.45, 7) is 10.9. The Morgan fingerprint density at radius 2 is 1.87 bits per heavy atom. The Morgan fingerprint density at radius 3 is 2.44 bits per heavy atom. The lowest BCUT2D eigenvalue weighted by Gasteiger charge is -2.42. The minimum absolute atomic E-state index is 0.0967. The van der Waals surface area contributed by atoms with Crippen molar-refractivity contribution in [2.75, 3.05) is 5.32 Å². The van der Waals surface area contributed by atoms with Gasteiger partial charge in [-0.25, -0.2) is 4.39 Å². The van der Waals surface area contributed by atoms with Crippen molar-refractivity contribution in [2.24, 2.45) is 7.05 Å². The van der Waals surface area contributed by atoms with Crippen molar-refractivity contribution in [3.05, 3.63) is 82.0 Å². The first-order valence-electron chi connectivity index (χ1n) is 13.1. The van der Waals surface area contributed by atoms with Crippen LogP contribution in [0.1, 0.15) is 84.6 Å². The third-order valence-electron chi connectivity index (χ3n) is 7.29. The second-order valence-corrected chi connectivity index (χ2v) is 10.6. The average molecular weight is 536 g/mol. The summed E-state index contributed by atoms with van der Waals surface area (Å²) in [5.74, 6) is -2.42. The number of halogens is 1. The van der Waals surface area contributed by atoms with E-state index in [4.69, 9.17) is 0 Å². The van der Waals surface area contributed by atoms with E-state index in [1.54, 1.807) is 32.4 Å². The van der Waals surface area contributed by atoms with Crippen LogP contribution in [0.2, 0.25) is 0 Å². The number of ketones is 1. The molecule has 39 heavy (non-hydrogen) atoms. The molecule has 0 spiro atoms. The molecule has 2 aromatic rings. The number of rotatable bonds is 9. The summed E-state index contributed by atoms with van der Waals surface area (Å²) in [4.78, 5) is 40.1. The largest absolute Gasteiger partial charge is 0.393 e. The highest BCUT2D eigenvalue weighted by molar-refractivity contribution is 6.43. The maximum atomic E-state index is 13.8. The van der Waals surface area contributed by atoms with Crippen LogP contribution in [0.3, 0.4) is 0 Å². The molecule has 0 aliphatic heterocycles. The van der Waals surface area contributed by atoms with Crippen molar-refractivity contribution in [3.8, 4) is 0 Å². The normalized spacial score (nSPS) is 19.7. The number of Topliss-reactive ketones (excluding diaryl/α,β-unsaturated/α-hetero) is 1. The van der Waals surface area contributed by atoms with E-state index in [-0.39, 0.29) is 17.1 Å². The number of anilines is 1. The standard InChI is InChI=1S/C31H38FN3O4/c1-8-18(3)11-10-12-21(9-2)27-25(29(38)33-22-13-14-24(32)19(4)15-22)20(5)26(35(27)7)28(37)30(39)34-31(6)16-23(36)17-31/h9-15,23,36H,8,16-17H2,1-7H3,(H,33,38)(H,34,39)/b12-10-,18-11-,21-9+. The Labute approximate surface area is 229 Å². The molecule has 1 fully saturated rings. The topological polar surface area (TPSA) is 100 Å². The van der Waals surface area contributed by atoms with Crippen molar-refractivity contribution in [1.82, 2.24) is 9.88 Å². The zero-order valence-electron chi connectivity index (χ0n) is 23.7. The molecule has 3 rings (SSSR count). The molecule has 0 unspecified atom stereocenters. The zero-order valence-corrected chi connectivity index (χ0v) is 23.7. The number of allylic oxidation sites excluding steroid dienone is 6. The molecular formula is C31H38FN3O4. The molecule has 1 heterocycles. The van der Waals surface area contributed by atoms with Gasteiger partial charge in [-0.2, -0.15) is 0 Å². The number of amides is 2. The Morgan fingerprint density at radius 1 is 1.21 bits per heavy atom. The molecule has 1 aliphatic rings. The van der Waals surface area contributed by atoms with Crippen LogP contribution < -0.4 is 10.6 Å². The second kappa shape index (κ2) is 11.9. The van der Waals surface area contributed by atoms with Crippen molar-refractivity contribution < 1.29 is 23.9 Å². The van der Waals surface area contributed by atoms with E-state index in [0.29, 0.717) is 40.9 Å². The number of hydrogen-bond donors (Lipinski definition) is 3. The molecule has 8 heteroatoms. The first-order chi connectivity index (χ1) is 18.3. The van der Waals surface area contributed by atoms with Crippen LogP contribution >= 0.6 is 0 Å². The van der Waals surface area contributed by atoms with Gasteiger partial charge in [0.2, 0.25) is 0 Å². The fourth-order valence-electron chi connectivity index (χ4n) is 4.95. The first-order valence-corrected chi connectivity index (χ1v) is 13.1. The number of nitrogens with one attached hydrogen (secondary N) is 2. The number of aromatic nitrogens is 1. The molecule has 7 nitrogen and oxygen atoms in total. The minimum atomic E-state index is -0.792. The minimum Gasteiger partial charge on any atom is -0.393 e. The van der Waals surface area contributed by atoms with Crippen LogP contribution in [-0.4, -0.2) is 38.9 Å². The van der Waals surface area contributed by atoms with Crippen LogP contribution in [0, 0.1) is 19.7 Å². The summed E-state index contributed by atoms with van der Waals surface area (Å²) < 4.78 is 15.4. The highest BCUT2D eigenvalue weighted by Gasteiger charge is 2.42. The van der Waals surface area contributed by atoms with E-state index in [2.05, 4.69) is 17.6 Å². The Bertz CT molecular complexity index is 1390. The van der Waals surface area contributed by atoms with Gasteiger partial charge < -0.3 is 20.3 Å². The highest BCUT2D eigenvalue weighted by Crippen LogP contribution is 2.33. The number of carbonyl (C=O) groups excluding carboxylic acids is 3.